The van der Waals surface area contributed by atoms with Crippen LogP contribution in [0.5, 0.6) is 0 Å². The van der Waals surface area contributed by atoms with E-state index in [2.05, 4.69) is 15.8 Å². The monoisotopic (exact) mass is 411 g/mol. The van der Waals surface area contributed by atoms with E-state index in [1.54, 1.807) is 39.8 Å². The number of nitrogens with one attached hydrogen (secondary N) is 2. The Morgan fingerprint density at radius 2 is 2.04 bits per heavy atom. The summed E-state index contributed by atoms with van der Waals surface area (Å²) < 4.78 is 9.87. The van der Waals surface area contributed by atoms with Gasteiger partial charge >= 0.3 is 5.97 Å². The number of carbonyl (C=O) groups is 3. The molecule has 2 rings (SSSR count). The first-order valence-electron chi connectivity index (χ1n) is 8.23. The van der Waals surface area contributed by atoms with E-state index in [1.807, 2.05) is 0 Å². The van der Waals surface area contributed by atoms with Crippen molar-refractivity contribution in [2.24, 2.45) is 0 Å². The van der Waals surface area contributed by atoms with Crippen LogP contribution in [0, 0.1) is 13.8 Å². The highest BCUT2D eigenvalue weighted by molar-refractivity contribution is 8.01. The molecule has 0 aliphatic heterocycles. The first kappa shape index (κ1) is 21.0. The summed E-state index contributed by atoms with van der Waals surface area (Å²) in [6, 6.07) is 3.34. The maximum Gasteiger partial charge on any atom is 0.348 e. The molecule has 2 aromatic rings. The van der Waals surface area contributed by atoms with Crippen LogP contribution in [-0.4, -0.2) is 40.6 Å². The largest absolute Gasteiger partial charge is 0.462 e. The summed E-state index contributed by atoms with van der Waals surface area (Å²) in [6.07, 6.45) is 0. The molecule has 0 aliphatic rings. The molecule has 0 saturated heterocycles. The molecule has 1 atom stereocenters. The quantitative estimate of drug-likeness (QED) is 0.642. The van der Waals surface area contributed by atoms with Crippen molar-refractivity contribution in [1.82, 2.24) is 5.16 Å². The number of aromatic nitrogens is 1. The van der Waals surface area contributed by atoms with Gasteiger partial charge in [-0.2, -0.15) is 0 Å². The molecule has 0 bridgehead atoms. The highest BCUT2D eigenvalue weighted by Gasteiger charge is 2.19. The third kappa shape index (κ3) is 6.10. The van der Waals surface area contributed by atoms with Crippen LogP contribution in [0.2, 0.25) is 0 Å². The fraction of sp³-hybridized carbons (Fsp3) is 0.412. The molecule has 2 N–H and O–H groups in total. The lowest BCUT2D eigenvalue weighted by molar-refractivity contribution is -0.115. The van der Waals surface area contributed by atoms with Crippen molar-refractivity contribution in [2.75, 3.05) is 23.0 Å². The normalized spacial score (nSPS) is 11.7. The van der Waals surface area contributed by atoms with E-state index in [9.17, 15) is 14.4 Å². The Balaban J connectivity index is 1.82. The van der Waals surface area contributed by atoms with Gasteiger partial charge in [-0.15, -0.1) is 23.1 Å². The highest BCUT2D eigenvalue weighted by atomic mass is 32.2. The number of ether oxygens (including phenoxy) is 1. The lowest BCUT2D eigenvalue weighted by Crippen LogP contribution is -2.25. The summed E-state index contributed by atoms with van der Waals surface area (Å²) in [5, 5.41) is 9.18. The number of aryl methyl sites for hydroxylation is 2. The lowest BCUT2D eigenvalue weighted by atomic mass is 10.3. The molecular formula is C17H21N3O5S2. The Morgan fingerprint density at radius 1 is 1.30 bits per heavy atom. The molecule has 1 unspecified atom stereocenters. The van der Waals surface area contributed by atoms with E-state index in [4.69, 9.17) is 9.26 Å². The Labute approximate surface area is 165 Å². The van der Waals surface area contributed by atoms with Crippen LogP contribution in [0.3, 0.4) is 0 Å². The smallest absolute Gasteiger partial charge is 0.348 e. The van der Waals surface area contributed by atoms with E-state index in [1.165, 1.54) is 23.1 Å². The van der Waals surface area contributed by atoms with E-state index >= 15 is 0 Å². The fourth-order valence-electron chi connectivity index (χ4n) is 2.05. The van der Waals surface area contributed by atoms with Gasteiger partial charge in [-0.3, -0.25) is 9.59 Å². The number of rotatable bonds is 8. The van der Waals surface area contributed by atoms with Crippen LogP contribution in [0.1, 0.15) is 34.8 Å². The van der Waals surface area contributed by atoms with Crippen LogP contribution < -0.4 is 10.6 Å². The Bertz CT molecular complexity index is 830. The van der Waals surface area contributed by atoms with Crippen LogP contribution in [-0.2, 0) is 14.3 Å². The summed E-state index contributed by atoms with van der Waals surface area (Å²) in [4.78, 5) is 36.5. The van der Waals surface area contributed by atoms with Crippen molar-refractivity contribution in [3.05, 3.63) is 28.3 Å². The summed E-state index contributed by atoms with van der Waals surface area (Å²) in [5.41, 5.74) is 0.747. The molecule has 2 aromatic heterocycles. The average molecular weight is 412 g/mol. The molecule has 0 fully saturated rings. The summed E-state index contributed by atoms with van der Waals surface area (Å²) >= 11 is 2.36. The summed E-state index contributed by atoms with van der Waals surface area (Å²) in [6.45, 7) is 7.24. The predicted octanol–water partition coefficient (Wildman–Crippen LogP) is 3.23. The van der Waals surface area contributed by atoms with Crippen molar-refractivity contribution in [1.29, 1.82) is 0 Å². The topological polar surface area (TPSA) is 111 Å². The van der Waals surface area contributed by atoms with E-state index in [0.717, 1.165) is 5.56 Å². The van der Waals surface area contributed by atoms with Crippen LogP contribution in [0.4, 0.5) is 10.8 Å². The molecule has 146 valence electrons. The van der Waals surface area contributed by atoms with Gasteiger partial charge in [0.05, 0.1) is 22.6 Å². The minimum atomic E-state index is -0.451. The predicted molar refractivity (Wildman–Crippen MR) is 105 cm³/mol. The number of thiophene rings is 1. The summed E-state index contributed by atoms with van der Waals surface area (Å²) in [5.74, 6) is 0.112. The third-order valence-electron chi connectivity index (χ3n) is 3.35. The van der Waals surface area contributed by atoms with Gasteiger partial charge in [0.25, 0.3) is 0 Å². The number of carbonyl (C=O) groups excluding carboxylic acids is 3. The standard InChI is InChI=1S/C17H21N3O5S2/c1-5-24-17(23)15-9(2)6-14(27-15)19-13(21)8-26-11(4)16(22)18-12-7-10(3)25-20-12/h6-7,11H,5,8H2,1-4H3,(H,19,21)(H,18,20,22). The van der Waals surface area contributed by atoms with Gasteiger partial charge in [0.1, 0.15) is 10.6 Å². The number of esters is 1. The van der Waals surface area contributed by atoms with Gasteiger partial charge in [-0.25, -0.2) is 4.79 Å². The Morgan fingerprint density at radius 3 is 2.67 bits per heavy atom. The second kappa shape index (κ2) is 9.56. The van der Waals surface area contributed by atoms with Gasteiger partial charge in [0.2, 0.25) is 11.8 Å². The van der Waals surface area contributed by atoms with E-state index < -0.39 is 11.2 Å². The molecular weight excluding hydrogens is 390 g/mol. The van der Waals surface area contributed by atoms with Gasteiger partial charge in [-0.05, 0) is 39.3 Å². The highest BCUT2D eigenvalue weighted by Crippen LogP contribution is 2.27. The maximum atomic E-state index is 12.1. The van der Waals surface area contributed by atoms with Crippen LogP contribution in [0.15, 0.2) is 16.7 Å². The zero-order chi connectivity index (χ0) is 20.0. The first-order chi connectivity index (χ1) is 12.8. The molecule has 2 amide bonds. The number of nitrogens with zero attached hydrogens (tertiary/aromatic N) is 1. The molecule has 0 aliphatic carbocycles. The second-order valence-electron chi connectivity index (χ2n) is 5.66. The van der Waals surface area contributed by atoms with Gasteiger partial charge in [0, 0.05) is 6.07 Å². The first-order valence-corrected chi connectivity index (χ1v) is 10.1. The van der Waals surface area contributed by atoms with Crippen LogP contribution >= 0.6 is 23.1 Å². The lowest BCUT2D eigenvalue weighted by Gasteiger charge is -2.10. The molecule has 27 heavy (non-hydrogen) atoms. The number of thioether (sulfide) groups is 1. The fourth-order valence-corrected chi connectivity index (χ4v) is 3.71. The number of anilines is 2. The number of hydrogen-bond acceptors (Lipinski definition) is 8. The van der Waals surface area contributed by atoms with Crippen molar-refractivity contribution in [3.8, 4) is 0 Å². The van der Waals surface area contributed by atoms with Crippen molar-refractivity contribution >= 4 is 51.7 Å². The number of amides is 2. The molecule has 2 heterocycles. The van der Waals surface area contributed by atoms with E-state index in [-0.39, 0.29) is 17.6 Å². The van der Waals surface area contributed by atoms with Gasteiger partial charge < -0.3 is 19.9 Å². The number of hydrogen-bond donors (Lipinski definition) is 2. The summed E-state index contributed by atoms with van der Waals surface area (Å²) in [7, 11) is 0. The average Bonchev–Trinajstić information content (AvgIpc) is 3.18. The van der Waals surface area contributed by atoms with Crippen LogP contribution in [0.25, 0.3) is 0 Å². The van der Waals surface area contributed by atoms with Gasteiger partial charge in [0.15, 0.2) is 5.82 Å². The molecule has 10 heteroatoms. The molecule has 0 saturated carbocycles. The van der Waals surface area contributed by atoms with Crippen molar-refractivity contribution < 1.29 is 23.6 Å². The van der Waals surface area contributed by atoms with Crippen molar-refractivity contribution in [3.63, 3.8) is 0 Å². The van der Waals surface area contributed by atoms with Crippen molar-refractivity contribution in [2.45, 2.75) is 32.9 Å². The minimum absolute atomic E-state index is 0.0954. The zero-order valence-corrected chi connectivity index (χ0v) is 17.1. The maximum absolute atomic E-state index is 12.1. The van der Waals surface area contributed by atoms with Gasteiger partial charge in [-0.1, -0.05) is 5.16 Å². The molecule has 8 nitrogen and oxygen atoms in total. The molecule has 0 aromatic carbocycles. The Kier molecular flexibility index (Phi) is 7.43. The minimum Gasteiger partial charge on any atom is -0.462 e. The zero-order valence-electron chi connectivity index (χ0n) is 15.5. The molecule has 0 radical (unpaired) electrons. The molecule has 0 spiro atoms. The Hall–Kier alpha value is -2.33. The van der Waals surface area contributed by atoms with E-state index in [0.29, 0.717) is 28.1 Å². The second-order valence-corrected chi connectivity index (χ2v) is 8.04. The SMILES string of the molecule is CCOC(=O)c1sc(NC(=O)CSC(C)C(=O)Nc2cc(C)on2)cc1C. The third-order valence-corrected chi connectivity index (χ3v) is 5.63.